The summed E-state index contributed by atoms with van der Waals surface area (Å²) in [5, 5.41) is 21.8. The minimum absolute atomic E-state index is 0.0992. The van der Waals surface area contributed by atoms with Crippen LogP contribution in [0.3, 0.4) is 0 Å². The predicted molar refractivity (Wildman–Crippen MR) is 295 cm³/mol. The minimum Gasteiger partial charge on any atom is -0.491 e. The number of amides is 3. The number of nitro benzene ring substituents is 1. The number of fused-ring (bicyclic) bond motifs is 3. The second-order valence-corrected chi connectivity index (χ2v) is 20.0. The summed E-state index contributed by atoms with van der Waals surface area (Å²) in [5.74, 6) is 3.63. The number of hydrogen-bond donors (Lipinski definition) is 1. The number of nitro groups is 1. The average Bonchev–Trinajstić information content (AvgIpc) is 3.36. The normalized spacial score (nSPS) is 21.3. The first kappa shape index (κ1) is 52.8. The Hall–Kier alpha value is -9.28. The number of imide groups is 1. The molecule has 3 fully saturated rings. The molecule has 0 saturated carbocycles. The van der Waals surface area contributed by atoms with Gasteiger partial charge in [0.05, 0.1) is 41.8 Å². The molecule has 1 spiro atoms. The van der Waals surface area contributed by atoms with Crippen LogP contribution in [0, 0.1) is 27.9 Å². The number of anilines is 2. The Balaban J connectivity index is 1.13. The minimum atomic E-state index is -2.17. The number of nitrogens with zero attached hydrogens (tertiary/aromatic N) is 8. The van der Waals surface area contributed by atoms with Crippen LogP contribution in [0.1, 0.15) is 57.1 Å². The molecule has 3 saturated heterocycles. The van der Waals surface area contributed by atoms with Gasteiger partial charge in [0.1, 0.15) is 36.5 Å². The Labute approximate surface area is 461 Å². The molecule has 6 aromatic carbocycles. The van der Waals surface area contributed by atoms with Gasteiger partial charge >= 0.3 is 12.1 Å². The van der Waals surface area contributed by atoms with Crippen molar-refractivity contribution in [1.29, 1.82) is 0 Å². The van der Waals surface area contributed by atoms with Crippen molar-refractivity contribution in [2.45, 2.75) is 42.8 Å². The fourth-order valence-corrected chi connectivity index (χ4v) is 11.8. The molecular formula is C62H56N8O10. The molecule has 4 aliphatic rings. The lowest BCUT2D eigenvalue weighted by Gasteiger charge is -2.46. The molecule has 0 bridgehead atoms. The standard InChI is InChI=1S/C62H56N8O10/c1-65(40-43-15-5-2-6-16-43)32-13-17-42-26-29-50-49(39-42)62(59(74)68(50)61(75)79-41-44-24-27-47(28-25-44)70(76)77)52(57(72)66-33-35-67(36-34-66)60-63-30-14-31-64-60)54-58(73)80-55(46-20-9-4-10-21-46)53(45-18-7-3-8-19-45)69(54)56(62)48-22-11-12-23-51(48)78-38-37-71/h2-12,14-16,18-31,39,52-56,71H,32-38,40-41H2,1H3/t52-,53-,54-,55+,56+,62-/m1/s1. The third kappa shape index (κ3) is 9.98. The smallest absolute Gasteiger partial charge is 0.421 e. The van der Waals surface area contributed by atoms with E-state index >= 15 is 19.2 Å². The first-order valence-electron chi connectivity index (χ1n) is 26.4. The van der Waals surface area contributed by atoms with E-state index in [4.69, 9.17) is 14.2 Å². The number of para-hydroxylation sites is 1. The van der Waals surface area contributed by atoms with Crippen molar-refractivity contribution in [3.8, 4) is 17.6 Å². The van der Waals surface area contributed by atoms with Crippen LogP contribution in [-0.4, -0.2) is 118 Å². The maximum atomic E-state index is 17.0. The van der Waals surface area contributed by atoms with E-state index in [1.165, 1.54) is 24.3 Å². The van der Waals surface area contributed by atoms with Crippen molar-refractivity contribution in [1.82, 2.24) is 24.7 Å². The van der Waals surface area contributed by atoms with Crippen LogP contribution in [0.5, 0.6) is 5.75 Å². The first-order valence-corrected chi connectivity index (χ1v) is 26.4. The van der Waals surface area contributed by atoms with E-state index in [0.717, 1.165) is 10.5 Å². The lowest BCUT2D eigenvalue weighted by Crippen LogP contribution is -2.59. The van der Waals surface area contributed by atoms with Crippen LogP contribution in [0.15, 0.2) is 176 Å². The zero-order valence-electron chi connectivity index (χ0n) is 43.7. The summed E-state index contributed by atoms with van der Waals surface area (Å²) in [6.45, 7) is 1.07. The monoisotopic (exact) mass is 1070 g/mol. The Morgan fingerprint density at radius 1 is 0.800 bits per heavy atom. The summed E-state index contributed by atoms with van der Waals surface area (Å²) in [6, 6.07) is 44.4. The number of benzene rings is 6. The topological polar surface area (TPSA) is 201 Å². The number of rotatable bonds is 14. The Morgan fingerprint density at radius 2 is 1.46 bits per heavy atom. The van der Waals surface area contributed by atoms with Crippen LogP contribution in [0.2, 0.25) is 0 Å². The molecule has 11 rings (SSSR count). The first-order chi connectivity index (χ1) is 39.1. The van der Waals surface area contributed by atoms with E-state index in [2.05, 4.69) is 26.7 Å². The molecule has 1 N–H and O–H groups in total. The zero-order chi connectivity index (χ0) is 55.3. The summed E-state index contributed by atoms with van der Waals surface area (Å²) in [5.41, 5.74) is 1.75. The van der Waals surface area contributed by atoms with Gasteiger partial charge in [-0.3, -0.25) is 34.3 Å². The number of carbonyl (C=O) groups excluding carboxylic acids is 4. The van der Waals surface area contributed by atoms with Gasteiger partial charge < -0.3 is 29.1 Å². The van der Waals surface area contributed by atoms with Crippen molar-refractivity contribution in [3.05, 3.63) is 225 Å². The van der Waals surface area contributed by atoms with E-state index in [9.17, 15) is 15.2 Å². The summed E-state index contributed by atoms with van der Waals surface area (Å²) in [4.78, 5) is 93.0. The highest BCUT2D eigenvalue weighted by Gasteiger charge is 2.76. The number of non-ortho nitro benzene ring substituents is 1. The van der Waals surface area contributed by atoms with Crippen molar-refractivity contribution < 1.29 is 43.4 Å². The van der Waals surface area contributed by atoms with E-state index < -0.39 is 64.4 Å². The van der Waals surface area contributed by atoms with Crippen LogP contribution >= 0.6 is 0 Å². The lowest BCUT2D eigenvalue weighted by molar-refractivity contribution is -0.384. The Morgan fingerprint density at radius 3 is 2.15 bits per heavy atom. The number of aliphatic hydroxyl groups is 1. The molecule has 4 aliphatic heterocycles. The molecule has 18 heteroatoms. The van der Waals surface area contributed by atoms with Crippen LogP contribution < -0.4 is 14.5 Å². The highest BCUT2D eigenvalue weighted by atomic mass is 16.6. The maximum absolute atomic E-state index is 17.0. The van der Waals surface area contributed by atoms with E-state index in [-0.39, 0.29) is 55.6 Å². The molecule has 3 amide bonds. The van der Waals surface area contributed by atoms with Gasteiger partial charge in [-0.05, 0) is 77.3 Å². The summed E-state index contributed by atoms with van der Waals surface area (Å²) < 4.78 is 19.1. The molecule has 5 heterocycles. The average molecular weight is 1070 g/mol. The molecule has 404 valence electrons. The highest BCUT2D eigenvalue weighted by molar-refractivity contribution is 6.23. The van der Waals surface area contributed by atoms with E-state index in [1.807, 2.05) is 108 Å². The molecule has 0 unspecified atom stereocenters. The molecular weight excluding hydrogens is 1020 g/mol. The van der Waals surface area contributed by atoms with Gasteiger partial charge in [-0.25, -0.2) is 19.7 Å². The number of carbonyl (C=O) groups is 4. The van der Waals surface area contributed by atoms with E-state index in [1.54, 1.807) is 65.8 Å². The number of aliphatic hydroxyl groups excluding tert-OH is 1. The fraction of sp³-hybridized carbons (Fsp3) is 0.258. The maximum Gasteiger partial charge on any atom is 0.421 e. The van der Waals surface area contributed by atoms with E-state index in [0.29, 0.717) is 59.9 Å². The van der Waals surface area contributed by atoms with Crippen LogP contribution in [-0.2, 0) is 42.4 Å². The van der Waals surface area contributed by atoms with Crippen molar-refractivity contribution in [2.75, 3.05) is 62.8 Å². The summed E-state index contributed by atoms with van der Waals surface area (Å²) in [7, 11) is 1.96. The van der Waals surface area contributed by atoms with Crippen LogP contribution in [0.4, 0.5) is 22.1 Å². The summed E-state index contributed by atoms with van der Waals surface area (Å²) >= 11 is 0. The van der Waals surface area contributed by atoms with Crippen LogP contribution in [0.25, 0.3) is 0 Å². The van der Waals surface area contributed by atoms with Gasteiger partial charge in [-0.15, -0.1) is 0 Å². The third-order valence-corrected chi connectivity index (χ3v) is 15.3. The van der Waals surface area contributed by atoms with Crippen molar-refractivity contribution >= 4 is 41.2 Å². The number of morpholine rings is 1. The molecule has 0 aliphatic carbocycles. The number of piperazine rings is 1. The van der Waals surface area contributed by atoms with Gasteiger partial charge in [0.25, 0.3) is 5.69 Å². The predicted octanol–water partition coefficient (Wildman–Crippen LogP) is 7.59. The quantitative estimate of drug-likeness (QED) is 0.0483. The molecule has 18 nitrogen and oxygen atoms in total. The second kappa shape index (κ2) is 23.0. The Kier molecular flexibility index (Phi) is 15.1. The second-order valence-electron chi connectivity index (χ2n) is 20.0. The largest absolute Gasteiger partial charge is 0.491 e. The molecule has 1 aromatic heterocycles. The highest BCUT2D eigenvalue weighted by Crippen LogP contribution is 2.67. The van der Waals surface area contributed by atoms with Gasteiger partial charge in [0, 0.05) is 68.4 Å². The van der Waals surface area contributed by atoms with Gasteiger partial charge in [-0.2, -0.15) is 0 Å². The van der Waals surface area contributed by atoms with Gasteiger partial charge in [0.15, 0.2) is 0 Å². The lowest BCUT2D eigenvalue weighted by atomic mass is 9.64. The number of cyclic esters (lactones) is 1. The summed E-state index contributed by atoms with van der Waals surface area (Å²) in [6.07, 6.45) is 1.22. The molecule has 6 atom stereocenters. The van der Waals surface area contributed by atoms with Gasteiger partial charge in [0.2, 0.25) is 17.8 Å². The third-order valence-electron chi connectivity index (χ3n) is 15.3. The van der Waals surface area contributed by atoms with Crippen molar-refractivity contribution in [3.63, 3.8) is 0 Å². The number of hydrogen-bond acceptors (Lipinski definition) is 15. The van der Waals surface area contributed by atoms with Crippen molar-refractivity contribution in [2.24, 2.45) is 5.92 Å². The fourth-order valence-electron chi connectivity index (χ4n) is 11.8. The Bertz CT molecular complexity index is 3470. The molecule has 80 heavy (non-hydrogen) atoms. The number of aromatic nitrogens is 2. The SMILES string of the molecule is CN(CC#Cc1ccc2c(c1)[C@]1(C(=O)N2C(=O)OCc2ccc([N+](=O)[O-])cc2)[C@H](c2ccccc2OCCO)N2[C@H](c3ccccc3)[C@H](c3ccccc3)OC(=O)[C@H]2[C@@H]1C(=O)N1CCN(c2ncccn2)CC1)Cc1ccccc1. The molecule has 0 radical (unpaired) electrons. The molecule has 7 aromatic rings. The number of esters is 1. The zero-order valence-corrected chi connectivity index (χ0v) is 43.7. The van der Waals surface area contributed by atoms with Gasteiger partial charge in [-0.1, -0.05) is 121 Å². The number of ether oxygens (including phenoxy) is 3.